The Morgan fingerprint density at radius 3 is 2.93 bits per heavy atom. The van der Waals surface area contributed by atoms with Crippen LogP contribution in [0.15, 0.2) is 0 Å². The summed E-state index contributed by atoms with van der Waals surface area (Å²) in [5.74, 6) is 0.440. The predicted octanol–water partition coefficient (Wildman–Crippen LogP) is 1.80. The largest absolute Gasteiger partial charge is 0.381 e. The number of carbonyl (C=O) groups is 1. The van der Waals surface area contributed by atoms with Gasteiger partial charge in [0.05, 0.1) is 12.5 Å². The Kier molecular flexibility index (Phi) is 4.03. The molecular formula is C11H18BrNO2. The van der Waals surface area contributed by atoms with Gasteiger partial charge in [-0.05, 0) is 25.7 Å². The van der Waals surface area contributed by atoms with Crippen LogP contribution in [-0.4, -0.2) is 41.9 Å². The Morgan fingerprint density at radius 1 is 1.40 bits per heavy atom. The molecule has 0 radical (unpaired) electrons. The molecule has 0 aromatic heterocycles. The molecule has 2 rings (SSSR count). The van der Waals surface area contributed by atoms with Crippen molar-refractivity contribution in [1.29, 1.82) is 0 Å². The third-order valence-electron chi connectivity index (χ3n) is 3.35. The molecule has 2 fully saturated rings. The zero-order valence-corrected chi connectivity index (χ0v) is 10.5. The molecular weight excluding hydrogens is 258 g/mol. The number of hydrogen-bond donors (Lipinski definition) is 0. The molecule has 0 aliphatic carbocycles. The lowest BCUT2D eigenvalue weighted by Gasteiger charge is -2.29. The number of alkyl halides is 1. The standard InChI is InChI=1S/C11H18BrNO2/c12-7-10-4-1-5-13(10)11(14)9-3-2-6-15-8-9/h9-10H,1-8H2. The average molecular weight is 276 g/mol. The topological polar surface area (TPSA) is 29.5 Å². The second kappa shape index (κ2) is 5.30. The van der Waals surface area contributed by atoms with Gasteiger partial charge in [0.15, 0.2) is 0 Å². The highest BCUT2D eigenvalue weighted by Crippen LogP contribution is 2.24. The van der Waals surface area contributed by atoms with Crippen molar-refractivity contribution >= 4 is 21.8 Å². The van der Waals surface area contributed by atoms with Gasteiger partial charge in [0.1, 0.15) is 0 Å². The zero-order valence-electron chi connectivity index (χ0n) is 8.95. The smallest absolute Gasteiger partial charge is 0.228 e. The SMILES string of the molecule is O=C(C1CCCOC1)N1CCCC1CBr. The summed E-state index contributed by atoms with van der Waals surface area (Å²) in [5.41, 5.74) is 0. The molecule has 0 spiro atoms. The van der Waals surface area contributed by atoms with Gasteiger partial charge in [-0.1, -0.05) is 15.9 Å². The number of amides is 1. The Morgan fingerprint density at radius 2 is 2.27 bits per heavy atom. The van der Waals surface area contributed by atoms with Crippen LogP contribution in [0, 0.1) is 5.92 Å². The van der Waals surface area contributed by atoms with Gasteiger partial charge in [-0.2, -0.15) is 0 Å². The highest BCUT2D eigenvalue weighted by molar-refractivity contribution is 9.09. The number of ether oxygens (including phenoxy) is 1. The molecule has 2 aliphatic rings. The third-order valence-corrected chi connectivity index (χ3v) is 4.10. The van der Waals surface area contributed by atoms with Crippen molar-refractivity contribution in [2.75, 3.05) is 25.1 Å². The molecule has 86 valence electrons. The molecule has 15 heavy (non-hydrogen) atoms. The number of hydrogen-bond acceptors (Lipinski definition) is 2. The van der Waals surface area contributed by atoms with Crippen molar-refractivity contribution in [1.82, 2.24) is 4.90 Å². The van der Waals surface area contributed by atoms with Crippen LogP contribution in [0.3, 0.4) is 0 Å². The van der Waals surface area contributed by atoms with Gasteiger partial charge in [-0.3, -0.25) is 4.79 Å². The quantitative estimate of drug-likeness (QED) is 0.720. The van der Waals surface area contributed by atoms with Gasteiger partial charge in [0.25, 0.3) is 0 Å². The Bertz CT molecular complexity index is 229. The van der Waals surface area contributed by atoms with Crippen molar-refractivity contribution in [3.05, 3.63) is 0 Å². The minimum atomic E-state index is 0.124. The fraction of sp³-hybridized carbons (Fsp3) is 0.909. The first kappa shape index (κ1) is 11.4. The van der Waals surface area contributed by atoms with Gasteiger partial charge in [-0.25, -0.2) is 0 Å². The fourth-order valence-corrected chi connectivity index (χ4v) is 3.13. The molecule has 2 unspecified atom stereocenters. The normalized spacial score (nSPS) is 31.9. The lowest BCUT2D eigenvalue weighted by Crippen LogP contribution is -2.42. The molecule has 0 saturated carbocycles. The summed E-state index contributed by atoms with van der Waals surface area (Å²) >= 11 is 3.48. The minimum absolute atomic E-state index is 0.124. The predicted molar refractivity (Wildman–Crippen MR) is 62.1 cm³/mol. The summed E-state index contributed by atoms with van der Waals surface area (Å²) in [5, 5.41) is 0.909. The van der Waals surface area contributed by atoms with Gasteiger partial charge < -0.3 is 9.64 Å². The van der Waals surface area contributed by atoms with Crippen LogP contribution in [0.2, 0.25) is 0 Å². The summed E-state index contributed by atoms with van der Waals surface area (Å²) in [6.45, 7) is 2.39. The van der Waals surface area contributed by atoms with Crippen molar-refractivity contribution in [3.63, 3.8) is 0 Å². The van der Waals surface area contributed by atoms with E-state index in [4.69, 9.17) is 4.74 Å². The van der Waals surface area contributed by atoms with Gasteiger partial charge in [0, 0.05) is 24.5 Å². The molecule has 3 nitrogen and oxygen atoms in total. The molecule has 0 aromatic rings. The molecule has 1 amide bonds. The summed E-state index contributed by atoms with van der Waals surface area (Å²) < 4.78 is 5.37. The maximum atomic E-state index is 12.2. The van der Waals surface area contributed by atoms with Crippen molar-refractivity contribution in [2.24, 2.45) is 5.92 Å². The molecule has 0 bridgehead atoms. The first-order chi connectivity index (χ1) is 7.33. The second-order valence-corrected chi connectivity index (χ2v) is 5.04. The van der Waals surface area contributed by atoms with E-state index < -0.39 is 0 Å². The summed E-state index contributed by atoms with van der Waals surface area (Å²) in [6, 6.07) is 0.416. The fourth-order valence-electron chi connectivity index (χ4n) is 2.46. The average Bonchev–Trinajstić information content (AvgIpc) is 2.77. The first-order valence-electron chi connectivity index (χ1n) is 5.77. The molecule has 0 N–H and O–H groups in total. The maximum absolute atomic E-state index is 12.2. The van der Waals surface area contributed by atoms with Crippen LogP contribution in [0.1, 0.15) is 25.7 Å². The molecule has 2 atom stereocenters. The molecule has 0 aromatic carbocycles. The van der Waals surface area contributed by atoms with Gasteiger partial charge >= 0.3 is 0 Å². The number of nitrogens with zero attached hydrogens (tertiary/aromatic N) is 1. The van der Waals surface area contributed by atoms with Crippen molar-refractivity contribution in [3.8, 4) is 0 Å². The van der Waals surface area contributed by atoms with E-state index in [1.807, 2.05) is 4.90 Å². The highest BCUT2D eigenvalue weighted by atomic mass is 79.9. The lowest BCUT2D eigenvalue weighted by atomic mass is 10.0. The molecule has 2 saturated heterocycles. The monoisotopic (exact) mass is 275 g/mol. The van der Waals surface area contributed by atoms with Crippen LogP contribution in [0.25, 0.3) is 0 Å². The van der Waals surface area contributed by atoms with Crippen LogP contribution in [-0.2, 0) is 9.53 Å². The number of carbonyl (C=O) groups excluding carboxylic acids is 1. The van der Waals surface area contributed by atoms with E-state index in [2.05, 4.69) is 15.9 Å². The number of likely N-dealkylation sites (tertiary alicyclic amines) is 1. The van der Waals surface area contributed by atoms with E-state index in [0.717, 1.165) is 44.2 Å². The van der Waals surface area contributed by atoms with Crippen LogP contribution >= 0.6 is 15.9 Å². The maximum Gasteiger partial charge on any atom is 0.228 e. The van der Waals surface area contributed by atoms with Crippen LogP contribution in [0.5, 0.6) is 0 Å². The zero-order chi connectivity index (χ0) is 10.7. The van der Waals surface area contributed by atoms with Crippen molar-refractivity contribution in [2.45, 2.75) is 31.7 Å². The first-order valence-corrected chi connectivity index (χ1v) is 6.89. The van der Waals surface area contributed by atoms with E-state index in [1.54, 1.807) is 0 Å². The summed E-state index contributed by atoms with van der Waals surface area (Å²) in [4.78, 5) is 14.2. The van der Waals surface area contributed by atoms with Crippen LogP contribution < -0.4 is 0 Å². The van der Waals surface area contributed by atoms with Gasteiger partial charge in [-0.15, -0.1) is 0 Å². The minimum Gasteiger partial charge on any atom is -0.381 e. The van der Waals surface area contributed by atoms with Crippen LogP contribution in [0.4, 0.5) is 0 Å². The molecule has 2 aliphatic heterocycles. The molecule has 4 heteroatoms. The van der Waals surface area contributed by atoms with Gasteiger partial charge in [0.2, 0.25) is 5.91 Å². The van der Waals surface area contributed by atoms with E-state index in [9.17, 15) is 4.79 Å². The Hall–Kier alpha value is -0.0900. The Balaban J connectivity index is 1.93. The molecule has 2 heterocycles. The van der Waals surface area contributed by atoms with E-state index in [1.165, 1.54) is 0 Å². The van der Waals surface area contributed by atoms with E-state index in [-0.39, 0.29) is 5.92 Å². The summed E-state index contributed by atoms with van der Waals surface area (Å²) in [7, 11) is 0. The number of rotatable bonds is 2. The second-order valence-electron chi connectivity index (χ2n) is 4.40. The lowest BCUT2D eigenvalue weighted by molar-refractivity contribution is -0.140. The Labute approximate surface area is 99.3 Å². The van der Waals surface area contributed by atoms with E-state index in [0.29, 0.717) is 18.6 Å². The van der Waals surface area contributed by atoms with E-state index >= 15 is 0 Å². The highest BCUT2D eigenvalue weighted by Gasteiger charge is 2.33. The third kappa shape index (κ3) is 2.53. The number of halogens is 1. The van der Waals surface area contributed by atoms with Crippen molar-refractivity contribution < 1.29 is 9.53 Å². The summed E-state index contributed by atoms with van der Waals surface area (Å²) in [6.07, 6.45) is 4.33.